The first-order chi connectivity index (χ1) is 9.58. The van der Waals surface area contributed by atoms with E-state index in [9.17, 15) is 0 Å². The molecule has 0 amide bonds. The van der Waals surface area contributed by atoms with Crippen LogP contribution < -0.4 is 15.2 Å². The van der Waals surface area contributed by atoms with Crippen LogP contribution in [0.2, 0.25) is 5.02 Å². The van der Waals surface area contributed by atoms with Crippen LogP contribution in [0.4, 0.5) is 0 Å². The molecule has 6 heteroatoms. The molecule has 1 aromatic carbocycles. The number of rotatable bonds is 2. The minimum absolute atomic E-state index is 0.100. The molecule has 2 aliphatic rings. The van der Waals surface area contributed by atoms with Crippen LogP contribution in [0.3, 0.4) is 0 Å². The normalized spacial score (nSPS) is 21.3. The smallest absolute Gasteiger partial charge is 0.192 e. The van der Waals surface area contributed by atoms with Gasteiger partial charge in [0.1, 0.15) is 13.2 Å². The van der Waals surface area contributed by atoms with E-state index in [-0.39, 0.29) is 12.1 Å². The number of fused-ring (bicyclic) bond motifs is 1. The van der Waals surface area contributed by atoms with Crippen molar-refractivity contribution in [1.29, 1.82) is 0 Å². The van der Waals surface area contributed by atoms with Crippen LogP contribution >= 0.6 is 11.6 Å². The Kier molecular flexibility index (Phi) is 3.38. The summed E-state index contributed by atoms with van der Waals surface area (Å²) in [5.74, 6) is 1.91. The average Bonchev–Trinajstić information content (AvgIpc) is 2.81. The molecule has 2 N–H and O–H groups in total. The minimum atomic E-state index is 0.100. The summed E-state index contributed by atoms with van der Waals surface area (Å²) in [6, 6.07) is 4.28. The molecule has 3 rings (SSSR count). The summed E-state index contributed by atoms with van der Waals surface area (Å²) in [5.41, 5.74) is 7.02. The third-order valence-corrected chi connectivity index (χ3v) is 3.87. The highest BCUT2D eigenvalue weighted by molar-refractivity contribution is 6.32. The van der Waals surface area contributed by atoms with E-state index >= 15 is 0 Å². The molecule has 108 valence electrons. The van der Waals surface area contributed by atoms with Crippen LogP contribution in [-0.2, 0) is 0 Å². The Morgan fingerprint density at radius 2 is 2.10 bits per heavy atom. The maximum Gasteiger partial charge on any atom is 0.192 e. The van der Waals surface area contributed by atoms with Crippen molar-refractivity contribution in [3.05, 3.63) is 22.7 Å². The zero-order valence-corrected chi connectivity index (χ0v) is 12.4. The highest BCUT2D eigenvalue weighted by Crippen LogP contribution is 2.41. The predicted octanol–water partition coefficient (Wildman–Crippen LogP) is 2.19. The second-order valence-corrected chi connectivity index (χ2v) is 5.65. The monoisotopic (exact) mass is 295 g/mol. The lowest BCUT2D eigenvalue weighted by atomic mass is 10.0. The summed E-state index contributed by atoms with van der Waals surface area (Å²) in [4.78, 5) is 6.44. The fourth-order valence-electron chi connectivity index (χ4n) is 2.72. The molecule has 5 nitrogen and oxygen atoms in total. The molecule has 20 heavy (non-hydrogen) atoms. The molecular formula is C14H18ClN3O2. The molecule has 0 spiro atoms. The first-order valence-electron chi connectivity index (χ1n) is 6.75. The Balaban J connectivity index is 1.97. The van der Waals surface area contributed by atoms with Gasteiger partial charge in [0.15, 0.2) is 17.5 Å². The van der Waals surface area contributed by atoms with Gasteiger partial charge in [0.25, 0.3) is 0 Å². The third-order valence-electron chi connectivity index (χ3n) is 3.59. The van der Waals surface area contributed by atoms with Crippen LogP contribution in [0.15, 0.2) is 17.1 Å². The van der Waals surface area contributed by atoms with Crippen molar-refractivity contribution in [2.24, 2.45) is 10.7 Å². The lowest BCUT2D eigenvalue weighted by molar-refractivity contribution is 0.171. The second-order valence-electron chi connectivity index (χ2n) is 5.24. The predicted molar refractivity (Wildman–Crippen MR) is 78.6 cm³/mol. The van der Waals surface area contributed by atoms with Crippen LogP contribution in [0.25, 0.3) is 0 Å². The van der Waals surface area contributed by atoms with Crippen molar-refractivity contribution in [2.45, 2.75) is 25.9 Å². The number of hydrogen-bond acceptors (Lipinski definition) is 5. The molecule has 1 unspecified atom stereocenters. The van der Waals surface area contributed by atoms with E-state index in [0.29, 0.717) is 42.2 Å². The van der Waals surface area contributed by atoms with Crippen molar-refractivity contribution in [3.63, 3.8) is 0 Å². The summed E-state index contributed by atoms with van der Waals surface area (Å²) in [6.07, 6.45) is 0. The van der Waals surface area contributed by atoms with Gasteiger partial charge in [-0.1, -0.05) is 11.6 Å². The number of halogens is 1. The second kappa shape index (κ2) is 5.05. The number of hydrogen-bond donors (Lipinski definition) is 1. The van der Waals surface area contributed by atoms with Gasteiger partial charge in [0.05, 0.1) is 17.6 Å². The number of aliphatic imine (C=N–C) groups is 1. The summed E-state index contributed by atoms with van der Waals surface area (Å²) >= 11 is 6.30. The van der Waals surface area contributed by atoms with Crippen LogP contribution in [0.5, 0.6) is 11.5 Å². The number of guanidine groups is 1. The Morgan fingerprint density at radius 3 is 2.85 bits per heavy atom. The van der Waals surface area contributed by atoms with Gasteiger partial charge >= 0.3 is 0 Å². The maximum atomic E-state index is 6.30. The van der Waals surface area contributed by atoms with Crippen molar-refractivity contribution >= 4 is 17.6 Å². The number of nitrogens with two attached hydrogens (primary N) is 1. The first kappa shape index (κ1) is 13.4. The number of nitrogens with zero attached hydrogens (tertiary/aromatic N) is 2. The van der Waals surface area contributed by atoms with Crippen molar-refractivity contribution in [3.8, 4) is 11.5 Å². The highest BCUT2D eigenvalue weighted by Gasteiger charge is 2.31. The molecule has 1 atom stereocenters. The Bertz CT molecular complexity index is 560. The zero-order valence-electron chi connectivity index (χ0n) is 11.6. The van der Waals surface area contributed by atoms with Gasteiger partial charge in [-0.25, -0.2) is 0 Å². The molecule has 0 fully saturated rings. The van der Waals surface area contributed by atoms with E-state index in [1.165, 1.54) is 0 Å². The fourth-order valence-corrected chi connectivity index (χ4v) is 3.00. The van der Waals surface area contributed by atoms with Crippen LogP contribution in [0, 0.1) is 0 Å². The molecule has 0 saturated heterocycles. The van der Waals surface area contributed by atoms with Gasteiger partial charge in [0, 0.05) is 6.04 Å². The van der Waals surface area contributed by atoms with Crippen LogP contribution in [0.1, 0.15) is 25.5 Å². The van der Waals surface area contributed by atoms with E-state index in [1.54, 1.807) is 0 Å². The zero-order chi connectivity index (χ0) is 14.3. The summed E-state index contributed by atoms with van der Waals surface area (Å²) in [5, 5.41) is 0.575. The fraction of sp³-hybridized carbons (Fsp3) is 0.500. The Labute approximate surface area is 123 Å². The van der Waals surface area contributed by atoms with Crippen molar-refractivity contribution in [1.82, 2.24) is 4.90 Å². The molecular weight excluding hydrogens is 278 g/mol. The van der Waals surface area contributed by atoms with E-state index in [0.717, 1.165) is 5.56 Å². The standard InChI is InChI=1S/C14H18ClN3O2/c1-8(2)18-11(7-17-14(18)16)9-5-10(15)13-12(6-9)19-3-4-20-13/h5-6,8,11H,3-4,7H2,1-2H3,(H2,16,17). The van der Waals surface area contributed by atoms with E-state index in [4.69, 9.17) is 26.8 Å². The maximum absolute atomic E-state index is 6.30. The van der Waals surface area contributed by atoms with Gasteiger partial charge in [-0.05, 0) is 31.5 Å². The lowest BCUT2D eigenvalue weighted by Crippen LogP contribution is -2.41. The molecule has 0 aliphatic carbocycles. The number of ether oxygens (including phenoxy) is 2. The molecule has 0 aromatic heterocycles. The minimum Gasteiger partial charge on any atom is -0.486 e. The average molecular weight is 296 g/mol. The summed E-state index contributed by atoms with van der Waals surface area (Å²) in [7, 11) is 0. The molecule has 0 bridgehead atoms. The highest BCUT2D eigenvalue weighted by atomic mass is 35.5. The van der Waals surface area contributed by atoms with Crippen molar-refractivity contribution < 1.29 is 9.47 Å². The van der Waals surface area contributed by atoms with Gasteiger partial charge in [0.2, 0.25) is 0 Å². The molecule has 2 aliphatic heterocycles. The van der Waals surface area contributed by atoms with Gasteiger partial charge in [-0.15, -0.1) is 0 Å². The number of benzene rings is 1. The van der Waals surface area contributed by atoms with Crippen molar-refractivity contribution in [2.75, 3.05) is 19.8 Å². The van der Waals surface area contributed by atoms with Gasteiger partial charge < -0.3 is 20.1 Å². The Morgan fingerprint density at radius 1 is 1.35 bits per heavy atom. The third kappa shape index (κ3) is 2.16. The molecule has 1 aromatic rings. The van der Waals surface area contributed by atoms with E-state index in [2.05, 4.69) is 23.7 Å². The van der Waals surface area contributed by atoms with Gasteiger partial charge in [-0.2, -0.15) is 0 Å². The van der Waals surface area contributed by atoms with Crippen LogP contribution in [-0.4, -0.2) is 36.7 Å². The van der Waals surface area contributed by atoms with E-state index < -0.39 is 0 Å². The Hall–Kier alpha value is -1.62. The lowest BCUT2D eigenvalue weighted by Gasteiger charge is -2.31. The largest absolute Gasteiger partial charge is 0.486 e. The summed E-state index contributed by atoms with van der Waals surface area (Å²) in [6.45, 7) is 5.91. The molecule has 0 radical (unpaired) electrons. The first-order valence-corrected chi connectivity index (χ1v) is 7.13. The quantitative estimate of drug-likeness (QED) is 0.908. The molecule has 0 saturated carbocycles. The molecule has 2 heterocycles. The summed E-state index contributed by atoms with van der Waals surface area (Å²) < 4.78 is 11.2. The topological polar surface area (TPSA) is 60.1 Å². The SMILES string of the molecule is CC(C)N1C(N)=NCC1c1cc(Cl)c2c(c1)OCCO2. The van der Waals surface area contributed by atoms with Gasteiger partial charge in [-0.3, -0.25) is 4.99 Å². The van der Waals surface area contributed by atoms with E-state index in [1.807, 2.05) is 12.1 Å².